The van der Waals surface area contributed by atoms with Crippen LogP contribution in [0.3, 0.4) is 0 Å². The van der Waals surface area contributed by atoms with Crippen LogP contribution in [0.5, 0.6) is 0 Å². The fourth-order valence-electron chi connectivity index (χ4n) is 2.79. The third-order valence-electron chi connectivity index (χ3n) is 4.05. The van der Waals surface area contributed by atoms with Crippen LogP contribution in [0.1, 0.15) is 40.8 Å². The normalized spacial score (nSPS) is 18.7. The van der Waals surface area contributed by atoms with Crippen LogP contribution in [-0.2, 0) is 6.18 Å². The predicted molar refractivity (Wildman–Crippen MR) is 79.3 cm³/mol. The van der Waals surface area contributed by atoms with E-state index in [1.165, 1.54) is 6.92 Å². The van der Waals surface area contributed by atoms with Crippen LogP contribution in [0.4, 0.5) is 13.2 Å². The molecule has 1 aliphatic rings. The molecule has 0 radical (unpaired) electrons. The first-order valence-electron chi connectivity index (χ1n) is 7.23. The molecule has 1 unspecified atom stereocenters. The highest BCUT2D eigenvalue weighted by molar-refractivity contribution is 7.17. The van der Waals surface area contributed by atoms with Gasteiger partial charge in [-0.25, -0.2) is 0 Å². The van der Waals surface area contributed by atoms with E-state index in [1.54, 1.807) is 17.0 Å². The monoisotopic (exact) mass is 344 g/mol. The lowest BCUT2D eigenvalue weighted by atomic mass is 10.2. The molecule has 1 saturated heterocycles. The minimum atomic E-state index is -4.57. The number of thiophene rings is 1. The van der Waals surface area contributed by atoms with Gasteiger partial charge in [0.2, 0.25) is 5.76 Å². The van der Waals surface area contributed by atoms with Gasteiger partial charge >= 0.3 is 6.18 Å². The first-order chi connectivity index (χ1) is 10.8. The zero-order valence-electron chi connectivity index (χ0n) is 12.6. The van der Waals surface area contributed by atoms with E-state index >= 15 is 0 Å². The molecule has 0 saturated carbocycles. The minimum Gasteiger partial charge on any atom is -0.351 e. The summed E-state index contributed by atoms with van der Waals surface area (Å²) < 4.78 is 42.7. The highest BCUT2D eigenvalue weighted by Crippen LogP contribution is 2.38. The van der Waals surface area contributed by atoms with E-state index in [0.29, 0.717) is 16.3 Å². The van der Waals surface area contributed by atoms with Gasteiger partial charge in [0.05, 0.1) is 9.75 Å². The van der Waals surface area contributed by atoms with Crippen molar-refractivity contribution in [1.29, 1.82) is 0 Å². The van der Waals surface area contributed by atoms with Gasteiger partial charge in [-0.2, -0.15) is 13.2 Å². The maximum Gasteiger partial charge on any atom is 0.452 e. The number of carbonyl (C=O) groups is 1. The van der Waals surface area contributed by atoms with Crippen LogP contribution in [0.25, 0.3) is 10.6 Å². The number of hydrogen-bond acceptors (Lipinski definition) is 4. The molecule has 8 heteroatoms. The van der Waals surface area contributed by atoms with Crippen molar-refractivity contribution in [3.63, 3.8) is 0 Å². The summed E-state index contributed by atoms with van der Waals surface area (Å²) in [7, 11) is 0. The van der Waals surface area contributed by atoms with Gasteiger partial charge in [-0.1, -0.05) is 5.16 Å². The summed E-state index contributed by atoms with van der Waals surface area (Å²) in [5, 5.41) is 3.53. The highest BCUT2D eigenvalue weighted by Gasteiger charge is 2.39. The molecule has 1 amide bonds. The molecule has 0 aliphatic carbocycles. The second-order valence-corrected chi connectivity index (χ2v) is 6.72. The maximum absolute atomic E-state index is 12.8. The summed E-state index contributed by atoms with van der Waals surface area (Å²) in [6.07, 6.45) is -2.62. The van der Waals surface area contributed by atoms with Crippen LogP contribution in [0.15, 0.2) is 16.7 Å². The average Bonchev–Trinajstić information content (AvgIpc) is 3.15. The molecule has 1 aliphatic heterocycles. The molecule has 3 rings (SSSR count). The molecule has 124 valence electrons. The van der Waals surface area contributed by atoms with E-state index in [-0.39, 0.29) is 23.2 Å². The number of aromatic nitrogens is 1. The Morgan fingerprint density at radius 1 is 1.43 bits per heavy atom. The van der Waals surface area contributed by atoms with E-state index in [1.807, 2.05) is 6.92 Å². The van der Waals surface area contributed by atoms with Crippen molar-refractivity contribution in [3.8, 4) is 10.6 Å². The number of hydrogen-bond donors (Lipinski definition) is 0. The van der Waals surface area contributed by atoms with Crippen LogP contribution in [-0.4, -0.2) is 28.6 Å². The molecule has 1 fully saturated rings. The Bertz CT molecular complexity index is 735. The fourth-order valence-corrected chi connectivity index (χ4v) is 3.79. The van der Waals surface area contributed by atoms with E-state index in [0.717, 1.165) is 24.2 Å². The SMILES string of the molecule is Cc1c(-c2ccc(C(=O)N3CCCC3C)s2)noc1C(F)(F)F. The second-order valence-electron chi connectivity index (χ2n) is 5.64. The van der Waals surface area contributed by atoms with Gasteiger partial charge in [0.15, 0.2) is 0 Å². The van der Waals surface area contributed by atoms with Crippen molar-refractivity contribution >= 4 is 17.2 Å². The largest absolute Gasteiger partial charge is 0.452 e. The lowest BCUT2D eigenvalue weighted by Crippen LogP contribution is -2.32. The smallest absolute Gasteiger partial charge is 0.351 e. The number of carbonyl (C=O) groups excluding carboxylic acids is 1. The molecular weight excluding hydrogens is 329 g/mol. The number of amides is 1. The summed E-state index contributed by atoms with van der Waals surface area (Å²) >= 11 is 1.14. The van der Waals surface area contributed by atoms with Crippen molar-refractivity contribution in [2.24, 2.45) is 0 Å². The lowest BCUT2D eigenvalue weighted by Gasteiger charge is -2.20. The first-order valence-corrected chi connectivity index (χ1v) is 8.05. The summed E-state index contributed by atoms with van der Waals surface area (Å²) in [4.78, 5) is 15.3. The summed E-state index contributed by atoms with van der Waals surface area (Å²) in [5.74, 6) is -1.18. The topological polar surface area (TPSA) is 46.3 Å². The maximum atomic E-state index is 12.8. The van der Waals surface area contributed by atoms with Crippen molar-refractivity contribution < 1.29 is 22.5 Å². The molecule has 23 heavy (non-hydrogen) atoms. The molecule has 1 atom stereocenters. The number of halogens is 3. The molecule has 4 nitrogen and oxygen atoms in total. The number of likely N-dealkylation sites (tertiary alicyclic amines) is 1. The molecule has 2 aromatic heterocycles. The first kappa shape index (κ1) is 16.0. The Kier molecular flexibility index (Phi) is 3.95. The third kappa shape index (κ3) is 2.87. The summed E-state index contributed by atoms with van der Waals surface area (Å²) in [6, 6.07) is 3.44. The van der Waals surface area contributed by atoms with Crippen LogP contribution >= 0.6 is 11.3 Å². The van der Waals surface area contributed by atoms with Gasteiger partial charge in [-0.15, -0.1) is 11.3 Å². The molecule has 0 N–H and O–H groups in total. The van der Waals surface area contributed by atoms with Crippen LogP contribution in [0.2, 0.25) is 0 Å². The van der Waals surface area contributed by atoms with Gasteiger partial charge in [0.25, 0.3) is 5.91 Å². The Morgan fingerprint density at radius 3 is 2.74 bits per heavy atom. The van der Waals surface area contributed by atoms with Gasteiger partial charge < -0.3 is 9.42 Å². The number of rotatable bonds is 2. The summed E-state index contributed by atoms with van der Waals surface area (Å²) in [6.45, 7) is 4.03. The van der Waals surface area contributed by atoms with Crippen LogP contribution < -0.4 is 0 Å². The fraction of sp³-hybridized carbons (Fsp3) is 0.467. The molecule has 0 spiro atoms. The molecule has 3 heterocycles. The van der Waals surface area contributed by atoms with E-state index in [2.05, 4.69) is 9.68 Å². The number of alkyl halides is 3. The lowest BCUT2D eigenvalue weighted by molar-refractivity contribution is -0.156. The number of nitrogens with zero attached hydrogens (tertiary/aromatic N) is 2. The zero-order chi connectivity index (χ0) is 16.8. The van der Waals surface area contributed by atoms with Gasteiger partial charge in [-0.05, 0) is 38.8 Å². The van der Waals surface area contributed by atoms with Crippen LogP contribution in [0, 0.1) is 6.92 Å². The highest BCUT2D eigenvalue weighted by atomic mass is 32.1. The minimum absolute atomic E-state index is 0.0621. The average molecular weight is 344 g/mol. The predicted octanol–water partition coefficient (Wildman–Crippen LogP) is 4.35. The summed E-state index contributed by atoms with van der Waals surface area (Å²) in [5.41, 5.74) is 0.0729. The van der Waals surface area contributed by atoms with E-state index < -0.39 is 11.9 Å². The Hall–Kier alpha value is -1.83. The molecule has 0 aromatic carbocycles. The quantitative estimate of drug-likeness (QED) is 0.813. The Labute approximate surface area is 134 Å². The van der Waals surface area contributed by atoms with Crippen molar-refractivity contribution in [2.45, 2.75) is 38.9 Å². The Balaban J connectivity index is 1.88. The Morgan fingerprint density at radius 2 is 2.17 bits per heavy atom. The standard InChI is InChI=1S/C15H15F3N2O2S/c1-8-4-3-7-20(8)14(21)11-6-5-10(23-11)12-9(2)13(22-19-12)15(16,17)18/h5-6,8H,3-4,7H2,1-2H3. The molecule has 0 bridgehead atoms. The van der Waals surface area contributed by atoms with Gasteiger partial charge in [0, 0.05) is 18.2 Å². The van der Waals surface area contributed by atoms with E-state index in [9.17, 15) is 18.0 Å². The second kappa shape index (κ2) is 5.67. The van der Waals surface area contributed by atoms with Gasteiger partial charge in [-0.3, -0.25) is 4.79 Å². The van der Waals surface area contributed by atoms with Crippen molar-refractivity contribution in [3.05, 3.63) is 28.3 Å². The molecular formula is C15H15F3N2O2S. The third-order valence-corrected chi connectivity index (χ3v) is 5.13. The van der Waals surface area contributed by atoms with Crippen molar-refractivity contribution in [1.82, 2.24) is 10.1 Å². The van der Waals surface area contributed by atoms with Crippen molar-refractivity contribution in [2.75, 3.05) is 6.54 Å². The zero-order valence-corrected chi connectivity index (χ0v) is 13.4. The van der Waals surface area contributed by atoms with E-state index in [4.69, 9.17) is 0 Å². The van der Waals surface area contributed by atoms with Gasteiger partial charge in [0.1, 0.15) is 5.69 Å². The molecule has 2 aromatic rings.